The van der Waals surface area contributed by atoms with Crippen LogP contribution in [-0.2, 0) is 9.84 Å². The van der Waals surface area contributed by atoms with Crippen molar-refractivity contribution in [1.29, 1.82) is 0 Å². The monoisotopic (exact) mass is 542 g/mol. The zero-order valence-electron chi connectivity index (χ0n) is 22.5. The molecule has 0 unspecified atom stereocenters. The molecular weight excluding hydrogens is 507 g/mol. The normalized spacial score (nSPS) is 24.1. The summed E-state index contributed by atoms with van der Waals surface area (Å²) in [6.45, 7) is 9.80. The van der Waals surface area contributed by atoms with Crippen molar-refractivity contribution < 1.29 is 12.8 Å². The standard InChI is InChI=1S/C26H35FN8O2S/c1-15(2)24-19-8-23(32-25-30-14-31-26(33-25)34-7-6-16(3)21(27)12-34)28-9-20(19)22(10-29-24)35-11-18(17(35)4)13-38(5,36)37/h8-10,14-18,21H,6-7,11-13H2,1-5H3,(H,28,30,31,32,33)/t16-,17-,18-,21-/m1/s1. The molecule has 5 heterocycles. The van der Waals surface area contributed by atoms with E-state index in [0.717, 1.165) is 28.6 Å². The van der Waals surface area contributed by atoms with Crippen LogP contribution in [-0.4, -0.2) is 77.2 Å². The average molecular weight is 543 g/mol. The summed E-state index contributed by atoms with van der Waals surface area (Å²) in [4.78, 5) is 26.5. The summed E-state index contributed by atoms with van der Waals surface area (Å²) in [7, 11) is -3.04. The molecule has 2 aliphatic heterocycles. The first kappa shape index (κ1) is 26.5. The highest BCUT2D eigenvalue weighted by molar-refractivity contribution is 7.90. The van der Waals surface area contributed by atoms with Gasteiger partial charge in [0.1, 0.15) is 28.2 Å². The summed E-state index contributed by atoms with van der Waals surface area (Å²) in [6, 6.07) is 2.03. The molecule has 10 nitrogen and oxygen atoms in total. The lowest BCUT2D eigenvalue weighted by Gasteiger charge is -2.48. The lowest BCUT2D eigenvalue weighted by molar-refractivity contribution is 0.210. The molecular formula is C26H35FN8O2S. The molecule has 12 heteroatoms. The fourth-order valence-corrected chi connectivity index (χ4v) is 6.47. The third-order valence-corrected chi connectivity index (χ3v) is 8.74. The highest BCUT2D eigenvalue weighted by Crippen LogP contribution is 2.38. The second kappa shape index (κ2) is 10.2. The second-order valence-electron chi connectivity index (χ2n) is 11.0. The molecule has 38 heavy (non-hydrogen) atoms. The first-order valence-electron chi connectivity index (χ1n) is 13.1. The predicted octanol–water partition coefficient (Wildman–Crippen LogP) is 3.74. The molecule has 0 spiro atoms. The summed E-state index contributed by atoms with van der Waals surface area (Å²) in [5.74, 6) is 1.85. The molecule has 0 amide bonds. The number of fused-ring (bicyclic) bond motifs is 1. The van der Waals surface area contributed by atoms with Gasteiger partial charge in [0.25, 0.3) is 0 Å². The fraction of sp³-hybridized carbons (Fsp3) is 0.577. The van der Waals surface area contributed by atoms with E-state index in [9.17, 15) is 12.8 Å². The molecule has 0 bridgehead atoms. The zero-order valence-corrected chi connectivity index (χ0v) is 23.3. The van der Waals surface area contributed by atoms with Crippen LogP contribution in [0.5, 0.6) is 0 Å². The SMILES string of the molecule is CC(C)c1ncc(N2C[C@H](CS(C)(=O)=O)[C@H]2C)c2cnc(Nc3ncnc(N4CC[C@@H](C)[C@H](F)C4)n3)cc12. The number of anilines is 4. The van der Waals surface area contributed by atoms with Gasteiger partial charge in [-0.3, -0.25) is 4.98 Å². The molecule has 2 aliphatic rings. The first-order valence-corrected chi connectivity index (χ1v) is 15.1. The van der Waals surface area contributed by atoms with E-state index in [4.69, 9.17) is 4.98 Å². The first-order chi connectivity index (χ1) is 18.0. The van der Waals surface area contributed by atoms with E-state index in [-0.39, 0.29) is 36.1 Å². The minimum Gasteiger partial charge on any atom is -0.366 e. The quantitative estimate of drug-likeness (QED) is 0.473. The Morgan fingerprint density at radius 1 is 1.11 bits per heavy atom. The largest absolute Gasteiger partial charge is 0.366 e. The van der Waals surface area contributed by atoms with Crippen LogP contribution in [0.15, 0.2) is 24.8 Å². The highest BCUT2D eigenvalue weighted by Gasteiger charge is 2.38. The van der Waals surface area contributed by atoms with Gasteiger partial charge in [-0.25, -0.2) is 27.8 Å². The van der Waals surface area contributed by atoms with E-state index in [2.05, 4.69) is 50.9 Å². The van der Waals surface area contributed by atoms with Gasteiger partial charge in [-0.2, -0.15) is 4.98 Å². The number of piperidine rings is 1. The van der Waals surface area contributed by atoms with Crippen molar-refractivity contribution in [2.24, 2.45) is 11.8 Å². The van der Waals surface area contributed by atoms with Crippen LogP contribution in [0.2, 0.25) is 0 Å². The number of sulfone groups is 1. The number of alkyl halides is 1. The lowest BCUT2D eigenvalue weighted by atomic mass is 9.90. The Morgan fingerprint density at radius 3 is 2.58 bits per heavy atom. The summed E-state index contributed by atoms with van der Waals surface area (Å²) in [6.07, 6.45) is 6.24. The van der Waals surface area contributed by atoms with E-state index in [0.29, 0.717) is 30.8 Å². The van der Waals surface area contributed by atoms with Crippen molar-refractivity contribution in [3.8, 4) is 0 Å². The van der Waals surface area contributed by atoms with Crippen molar-refractivity contribution in [2.75, 3.05) is 46.8 Å². The maximum Gasteiger partial charge on any atom is 0.233 e. The number of nitrogens with zero attached hydrogens (tertiary/aromatic N) is 7. The lowest BCUT2D eigenvalue weighted by Crippen LogP contribution is -2.57. The number of aromatic nitrogens is 5. The second-order valence-corrected chi connectivity index (χ2v) is 13.2. The summed E-state index contributed by atoms with van der Waals surface area (Å²) >= 11 is 0. The Morgan fingerprint density at radius 2 is 1.89 bits per heavy atom. The van der Waals surface area contributed by atoms with Crippen LogP contribution in [0.4, 0.5) is 27.8 Å². The summed E-state index contributed by atoms with van der Waals surface area (Å²) in [5, 5.41) is 5.11. The van der Waals surface area contributed by atoms with Crippen LogP contribution in [0, 0.1) is 11.8 Å². The van der Waals surface area contributed by atoms with Gasteiger partial charge in [0.05, 0.1) is 29.9 Å². The van der Waals surface area contributed by atoms with Crippen LogP contribution >= 0.6 is 0 Å². The number of pyridine rings is 2. The fourth-order valence-electron chi connectivity index (χ4n) is 5.30. The molecule has 204 valence electrons. The van der Waals surface area contributed by atoms with Gasteiger partial charge in [-0.1, -0.05) is 20.8 Å². The molecule has 3 aromatic heterocycles. The third kappa shape index (κ3) is 5.36. The minimum absolute atomic E-state index is 0.0333. The van der Waals surface area contributed by atoms with Crippen molar-refractivity contribution in [2.45, 2.75) is 52.2 Å². The van der Waals surface area contributed by atoms with Gasteiger partial charge in [0, 0.05) is 48.3 Å². The van der Waals surface area contributed by atoms with Gasteiger partial charge in [-0.15, -0.1) is 0 Å². The number of nitrogens with one attached hydrogen (secondary N) is 1. The number of hydrogen-bond donors (Lipinski definition) is 1. The molecule has 0 saturated carbocycles. The highest BCUT2D eigenvalue weighted by atomic mass is 32.2. The van der Waals surface area contributed by atoms with Crippen molar-refractivity contribution in [3.05, 3.63) is 30.5 Å². The maximum atomic E-state index is 14.3. The molecule has 2 saturated heterocycles. The molecule has 3 aromatic rings. The predicted molar refractivity (Wildman–Crippen MR) is 148 cm³/mol. The van der Waals surface area contributed by atoms with Crippen molar-refractivity contribution in [3.63, 3.8) is 0 Å². The van der Waals surface area contributed by atoms with Crippen molar-refractivity contribution >= 4 is 44.0 Å². The Hall–Kier alpha value is -3.15. The summed E-state index contributed by atoms with van der Waals surface area (Å²) < 4.78 is 37.9. The van der Waals surface area contributed by atoms with Gasteiger partial charge >= 0.3 is 0 Å². The van der Waals surface area contributed by atoms with E-state index < -0.39 is 16.0 Å². The average Bonchev–Trinajstić information content (AvgIpc) is 2.86. The minimum atomic E-state index is -3.04. The summed E-state index contributed by atoms with van der Waals surface area (Å²) in [5.41, 5.74) is 1.89. The smallest absolute Gasteiger partial charge is 0.233 e. The van der Waals surface area contributed by atoms with Crippen molar-refractivity contribution in [1.82, 2.24) is 24.9 Å². The number of halogens is 1. The van der Waals surface area contributed by atoms with Crippen LogP contribution in [0.3, 0.4) is 0 Å². The third-order valence-electron chi connectivity index (χ3n) is 7.71. The van der Waals surface area contributed by atoms with Gasteiger partial charge in [0.2, 0.25) is 11.9 Å². The Labute approximate surface area is 223 Å². The molecule has 4 atom stereocenters. The molecule has 0 aliphatic carbocycles. The van der Waals surface area contributed by atoms with Gasteiger partial charge in [-0.05, 0) is 31.2 Å². The number of rotatable bonds is 7. The molecule has 0 aromatic carbocycles. The van der Waals surface area contributed by atoms with Gasteiger partial charge in [0.15, 0.2) is 0 Å². The van der Waals surface area contributed by atoms with Crippen LogP contribution < -0.4 is 15.1 Å². The van der Waals surface area contributed by atoms with Crippen LogP contribution in [0.25, 0.3) is 10.8 Å². The van der Waals surface area contributed by atoms with E-state index in [1.165, 1.54) is 12.6 Å². The number of hydrogen-bond acceptors (Lipinski definition) is 10. The van der Waals surface area contributed by atoms with Gasteiger partial charge < -0.3 is 15.1 Å². The Balaban J connectivity index is 1.41. The molecule has 1 N–H and O–H groups in total. The van der Waals surface area contributed by atoms with E-state index >= 15 is 0 Å². The Kier molecular flexibility index (Phi) is 7.10. The van der Waals surface area contributed by atoms with E-state index in [1.807, 2.05) is 30.3 Å². The van der Waals surface area contributed by atoms with Crippen LogP contribution in [0.1, 0.15) is 45.7 Å². The maximum absolute atomic E-state index is 14.3. The van der Waals surface area contributed by atoms with E-state index in [1.54, 1.807) is 0 Å². The molecule has 2 fully saturated rings. The molecule has 5 rings (SSSR count). The zero-order chi connectivity index (χ0) is 27.2. The Bertz CT molecular complexity index is 1440. The topological polar surface area (TPSA) is 117 Å². The molecule has 0 radical (unpaired) electrons.